The van der Waals surface area contributed by atoms with Crippen molar-refractivity contribution in [1.29, 1.82) is 0 Å². The van der Waals surface area contributed by atoms with Gasteiger partial charge in [0, 0.05) is 59.0 Å². The summed E-state index contributed by atoms with van der Waals surface area (Å²) in [6.45, 7) is 1.28. The van der Waals surface area contributed by atoms with E-state index in [2.05, 4.69) is 28.8 Å². The van der Waals surface area contributed by atoms with Gasteiger partial charge in [-0.1, -0.05) is 30.3 Å². The molecular formula is C27H19N5O. The summed E-state index contributed by atoms with van der Waals surface area (Å²) in [4.78, 5) is 29.0. The molecule has 33 heavy (non-hydrogen) atoms. The molecule has 0 fully saturated rings. The first-order chi connectivity index (χ1) is 16.3. The van der Waals surface area contributed by atoms with Crippen LogP contribution in [0.1, 0.15) is 28.2 Å². The molecule has 158 valence electrons. The van der Waals surface area contributed by atoms with Gasteiger partial charge < -0.3 is 10.6 Å². The predicted octanol–water partition coefficient (Wildman–Crippen LogP) is 3.97. The number of pyridine rings is 2. The number of aliphatic imine (C=N–C) groups is 1. The molecule has 2 atom stereocenters. The van der Waals surface area contributed by atoms with Crippen LogP contribution in [-0.4, -0.2) is 34.6 Å². The summed E-state index contributed by atoms with van der Waals surface area (Å²) >= 11 is 0. The smallest absolute Gasteiger partial charge is 0.172 e. The summed E-state index contributed by atoms with van der Waals surface area (Å²) in [6.07, 6.45) is 2.70. The van der Waals surface area contributed by atoms with E-state index in [0.29, 0.717) is 13.1 Å². The Labute approximate surface area is 189 Å². The molecule has 2 aromatic carbocycles. The number of anilines is 1. The number of carbonyl (C=O) groups is 1. The third kappa shape index (κ3) is 1.96. The molecular weight excluding hydrogens is 410 g/mol. The maximum absolute atomic E-state index is 13.9. The summed E-state index contributed by atoms with van der Waals surface area (Å²) < 4.78 is 0. The molecule has 2 aromatic heterocycles. The fourth-order valence-electron chi connectivity index (χ4n) is 6.33. The Kier molecular flexibility index (Phi) is 3.09. The Morgan fingerprint density at radius 1 is 1.00 bits per heavy atom. The second-order valence-electron chi connectivity index (χ2n) is 9.17. The number of rotatable bonds is 0. The second-order valence-corrected chi connectivity index (χ2v) is 9.17. The van der Waals surface area contributed by atoms with E-state index in [4.69, 9.17) is 15.0 Å². The zero-order valence-corrected chi connectivity index (χ0v) is 17.7. The highest BCUT2D eigenvalue weighted by Gasteiger charge is 2.59. The van der Waals surface area contributed by atoms with Gasteiger partial charge in [0.15, 0.2) is 5.78 Å². The molecule has 5 heterocycles. The fourth-order valence-corrected chi connectivity index (χ4v) is 6.33. The number of benzene rings is 2. The molecule has 4 aliphatic rings. The van der Waals surface area contributed by atoms with E-state index in [1.807, 2.05) is 42.6 Å². The molecule has 0 radical (unpaired) electrons. The summed E-state index contributed by atoms with van der Waals surface area (Å²) in [7, 11) is 0. The highest BCUT2D eigenvalue weighted by Crippen LogP contribution is 2.54. The van der Waals surface area contributed by atoms with Crippen molar-refractivity contribution in [1.82, 2.24) is 15.3 Å². The Bertz CT molecular complexity index is 1630. The normalized spacial score (nSPS) is 24.4. The molecule has 2 N–H and O–H groups in total. The highest BCUT2D eigenvalue weighted by atomic mass is 16.1. The standard InChI is InChI=1S/C27H19N5O/c33-25-16-6-2-4-8-19(16)32-27-17(25)13-30-20-10-12-28-24(22(20)27)23-21-15(9-11-29-26(21)27)14-5-1-3-7-18(14)31-23/h1-9,11,17,30,32H,10,12-13H2/t17-,27+/m0/s1. The SMILES string of the molecule is O=C1c2ccccc2N[C@]23C4=C(CCN=C4c4nc5ccccc5c5ccnc2c45)NC[C@@H]13. The van der Waals surface area contributed by atoms with Crippen molar-refractivity contribution in [2.24, 2.45) is 10.9 Å². The second kappa shape index (κ2) is 5.84. The number of aromatic nitrogens is 2. The number of ketones is 1. The van der Waals surface area contributed by atoms with Gasteiger partial charge >= 0.3 is 0 Å². The average molecular weight is 429 g/mol. The third-order valence-electron chi connectivity index (χ3n) is 7.66. The number of Topliss-reactive ketones (excluding diaryl/α,β-unsaturated/α-hetero) is 1. The van der Waals surface area contributed by atoms with Crippen LogP contribution in [0.25, 0.3) is 21.7 Å². The maximum Gasteiger partial charge on any atom is 0.172 e. The van der Waals surface area contributed by atoms with E-state index >= 15 is 0 Å². The molecule has 6 heteroatoms. The molecule has 0 bridgehead atoms. The number of hydrogen-bond donors (Lipinski definition) is 2. The first-order valence-corrected chi connectivity index (χ1v) is 11.4. The molecule has 1 aliphatic carbocycles. The van der Waals surface area contributed by atoms with E-state index in [9.17, 15) is 4.79 Å². The fraction of sp³-hybridized carbons (Fsp3) is 0.185. The van der Waals surface area contributed by atoms with Crippen LogP contribution in [0.2, 0.25) is 0 Å². The molecule has 8 rings (SSSR count). The minimum Gasteiger partial charge on any atom is -0.387 e. The molecule has 1 spiro atoms. The van der Waals surface area contributed by atoms with E-state index in [-0.39, 0.29) is 11.7 Å². The molecule has 0 amide bonds. The predicted molar refractivity (Wildman–Crippen MR) is 128 cm³/mol. The molecule has 4 aromatic rings. The number of fused-ring (bicyclic) bond motifs is 4. The van der Waals surface area contributed by atoms with Gasteiger partial charge in [0.05, 0.1) is 28.5 Å². The lowest BCUT2D eigenvalue weighted by Crippen LogP contribution is -2.61. The van der Waals surface area contributed by atoms with E-state index in [1.165, 1.54) is 0 Å². The van der Waals surface area contributed by atoms with Crippen LogP contribution in [0.15, 0.2) is 77.1 Å². The number of para-hydroxylation sites is 2. The van der Waals surface area contributed by atoms with Crippen molar-refractivity contribution in [2.75, 3.05) is 18.4 Å². The van der Waals surface area contributed by atoms with Gasteiger partial charge in [0.25, 0.3) is 0 Å². The van der Waals surface area contributed by atoms with Gasteiger partial charge in [-0.3, -0.25) is 14.8 Å². The molecule has 6 nitrogen and oxygen atoms in total. The summed E-state index contributed by atoms with van der Waals surface area (Å²) in [5.74, 6) is -0.184. The maximum atomic E-state index is 13.9. The van der Waals surface area contributed by atoms with Crippen LogP contribution in [-0.2, 0) is 5.54 Å². The van der Waals surface area contributed by atoms with Gasteiger partial charge in [-0.05, 0) is 29.7 Å². The Balaban J connectivity index is 1.58. The number of hydrogen-bond acceptors (Lipinski definition) is 6. The van der Waals surface area contributed by atoms with Crippen molar-refractivity contribution in [3.05, 3.63) is 89.0 Å². The Morgan fingerprint density at radius 2 is 1.88 bits per heavy atom. The van der Waals surface area contributed by atoms with E-state index < -0.39 is 5.54 Å². The van der Waals surface area contributed by atoms with Gasteiger partial charge in [-0.15, -0.1) is 0 Å². The van der Waals surface area contributed by atoms with Gasteiger partial charge in [0.2, 0.25) is 0 Å². The number of nitrogens with one attached hydrogen (secondary N) is 2. The Hall–Kier alpha value is -4.06. The van der Waals surface area contributed by atoms with E-state index in [0.717, 1.165) is 67.7 Å². The van der Waals surface area contributed by atoms with Crippen LogP contribution >= 0.6 is 0 Å². The lowest BCUT2D eigenvalue weighted by molar-refractivity contribution is 0.0857. The van der Waals surface area contributed by atoms with Gasteiger partial charge in [-0.2, -0.15) is 0 Å². The minimum absolute atomic E-state index is 0.143. The zero-order chi connectivity index (χ0) is 21.7. The topological polar surface area (TPSA) is 79.3 Å². The first-order valence-electron chi connectivity index (χ1n) is 11.4. The zero-order valence-electron chi connectivity index (χ0n) is 17.7. The number of carbonyl (C=O) groups excluding carboxylic acids is 1. The summed E-state index contributed by atoms with van der Waals surface area (Å²) in [6, 6.07) is 18.1. The Morgan fingerprint density at radius 3 is 2.85 bits per heavy atom. The minimum atomic E-state index is -0.762. The van der Waals surface area contributed by atoms with Gasteiger partial charge in [-0.25, -0.2) is 4.98 Å². The lowest BCUT2D eigenvalue weighted by Gasteiger charge is -2.52. The number of nitrogens with zero attached hydrogens (tertiary/aromatic N) is 3. The lowest BCUT2D eigenvalue weighted by atomic mass is 9.61. The van der Waals surface area contributed by atoms with Crippen LogP contribution in [0.5, 0.6) is 0 Å². The number of dihydropyridines is 1. The van der Waals surface area contributed by atoms with Crippen LogP contribution < -0.4 is 10.6 Å². The molecule has 3 aliphatic heterocycles. The quantitative estimate of drug-likeness (QED) is 0.414. The third-order valence-corrected chi connectivity index (χ3v) is 7.66. The molecule has 0 unspecified atom stereocenters. The van der Waals surface area contributed by atoms with Crippen LogP contribution in [0, 0.1) is 5.92 Å². The summed E-state index contributed by atoms with van der Waals surface area (Å²) in [5, 5.41) is 10.6. The van der Waals surface area contributed by atoms with Crippen molar-refractivity contribution in [3.63, 3.8) is 0 Å². The van der Waals surface area contributed by atoms with Crippen molar-refractivity contribution < 1.29 is 4.79 Å². The largest absolute Gasteiger partial charge is 0.387 e. The van der Waals surface area contributed by atoms with Crippen LogP contribution in [0.3, 0.4) is 0 Å². The first kappa shape index (κ1) is 17.5. The van der Waals surface area contributed by atoms with Crippen LogP contribution in [0.4, 0.5) is 5.69 Å². The average Bonchev–Trinajstić information content (AvgIpc) is 2.87. The monoisotopic (exact) mass is 429 g/mol. The van der Waals surface area contributed by atoms with Gasteiger partial charge in [0.1, 0.15) is 5.54 Å². The van der Waals surface area contributed by atoms with Crippen molar-refractivity contribution in [3.8, 4) is 0 Å². The molecule has 0 saturated heterocycles. The van der Waals surface area contributed by atoms with Crippen molar-refractivity contribution >= 4 is 38.9 Å². The van der Waals surface area contributed by atoms with Crippen molar-refractivity contribution in [2.45, 2.75) is 12.0 Å². The highest BCUT2D eigenvalue weighted by molar-refractivity contribution is 6.27. The molecule has 0 saturated carbocycles. The summed E-state index contributed by atoms with van der Waals surface area (Å²) in [5.41, 5.74) is 6.62. The van der Waals surface area contributed by atoms with E-state index in [1.54, 1.807) is 0 Å².